The van der Waals surface area contributed by atoms with E-state index in [1.54, 1.807) is 6.92 Å². The topological polar surface area (TPSA) is 43.8 Å². The van der Waals surface area contributed by atoms with E-state index >= 15 is 0 Å². The van der Waals surface area contributed by atoms with Crippen LogP contribution in [0, 0.1) is 6.92 Å². The van der Waals surface area contributed by atoms with Gasteiger partial charge in [0.15, 0.2) is 0 Å². The van der Waals surface area contributed by atoms with Crippen molar-refractivity contribution in [3.05, 3.63) is 39.8 Å². The minimum Gasteiger partial charge on any atom is -0.326 e. The first-order chi connectivity index (χ1) is 8.80. The van der Waals surface area contributed by atoms with E-state index in [4.69, 9.17) is 5.73 Å². The fourth-order valence-electron chi connectivity index (χ4n) is 1.92. The van der Waals surface area contributed by atoms with Gasteiger partial charge in [-0.2, -0.15) is 18.3 Å². The molecule has 0 bridgehead atoms. The summed E-state index contributed by atoms with van der Waals surface area (Å²) >= 11 is 1.48. The molecule has 2 N–H and O–H groups in total. The Bertz CT molecular complexity index is 557. The summed E-state index contributed by atoms with van der Waals surface area (Å²) in [5.41, 5.74) is 6.17. The first-order valence-corrected chi connectivity index (χ1v) is 6.59. The second kappa shape index (κ2) is 4.97. The summed E-state index contributed by atoms with van der Waals surface area (Å²) in [6.07, 6.45) is -2.55. The number of aryl methyl sites for hydroxylation is 1. The Morgan fingerprint density at radius 3 is 2.53 bits per heavy atom. The first kappa shape index (κ1) is 14.1. The number of hydrogen-bond donors (Lipinski definition) is 1. The molecule has 0 saturated heterocycles. The molecule has 0 spiro atoms. The Labute approximate surface area is 112 Å². The Morgan fingerprint density at radius 1 is 1.42 bits per heavy atom. The van der Waals surface area contributed by atoms with E-state index in [2.05, 4.69) is 5.10 Å². The van der Waals surface area contributed by atoms with E-state index in [1.807, 2.05) is 18.4 Å². The number of aromatic nitrogens is 2. The lowest BCUT2D eigenvalue weighted by Crippen LogP contribution is -2.30. The lowest BCUT2D eigenvalue weighted by atomic mass is 10.1. The third-order valence-electron chi connectivity index (χ3n) is 2.88. The lowest BCUT2D eigenvalue weighted by Gasteiger charge is -2.21. The van der Waals surface area contributed by atoms with Crippen LogP contribution in [0.3, 0.4) is 0 Å². The maximum Gasteiger partial charge on any atom is 0.419 e. The molecule has 0 radical (unpaired) electrons. The number of nitrogens with two attached hydrogens (primary N) is 1. The smallest absolute Gasteiger partial charge is 0.326 e. The lowest BCUT2D eigenvalue weighted by molar-refractivity contribution is -0.137. The van der Waals surface area contributed by atoms with Gasteiger partial charge in [-0.05, 0) is 30.9 Å². The summed E-state index contributed by atoms with van der Waals surface area (Å²) in [7, 11) is 0. The van der Waals surface area contributed by atoms with Gasteiger partial charge in [0.25, 0.3) is 0 Å². The number of alkyl halides is 3. The molecule has 19 heavy (non-hydrogen) atoms. The van der Waals surface area contributed by atoms with Gasteiger partial charge in [0.05, 0.1) is 11.8 Å². The molecular weight excluding hydrogens is 275 g/mol. The fraction of sp³-hybridized carbons (Fsp3) is 0.417. The summed E-state index contributed by atoms with van der Waals surface area (Å²) in [4.78, 5) is 0.937. The zero-order chi connectivity index (χ0) is 14.2. The van der Waals surface area contributed by atoms with E-state index in [1.165, 1.54) is 16.0 Å². The van der Waals surface area contributed by atoms with Crippen LogP contribution in [0.25, 0.3) is 0 Å². The van der Waals surface area contributed by atoms with E-state index in [-0.39, 0.29) is 12.1 Å². The zero-order valence-electron chi connectivity index (χ0n) is 10.5. The monoisotopic (exact) mass is 289 g/mol. The van der Waals surface area contributed by atoms with Crippen LogP contribution in [0.4, 0.5) is 13.2 Å². The molecule has 2 aromatic rings. The summed E-state index contributed by atoms with van der Waals surface area (Å²) in [6, 6.07) is 1.21. The minimum atomic E-state index is -4.38. The van der Waals surface area contributed by atoms with E-state index in [0.717, 1.165) is 22.8 Å². The third-order valence-corrected chi connectivity index (χ3v) is 3.97. The normalized spacial score (nSPS) is 15.5. The van der Waals surface area contributed by atoms with E-state index in [9.17, 15) is 13.2 Å². The fourth-order valence-corrected chi connectivity index (χ4v) is 3.06. The number of hydrogen-bond acceptors (Lipinski definition) is 3. The van der Waals surface area contributed by atoms with Crippen molar-refractivity contribution in [1.29, 1.82) is 0 Å². The van der Waals surface area contributed by atoms with Gasteiger partial charge in [-0.3, -0.25) is 4.68 Å². The van der Waals surface area contributed by atoms with Crippen molar-refractivity contribution in [3.63, 3.8) is 0 Å². The molecule has 2 atom stereocenters. The molecule has 2 unspecified atom stereocenters. The van der Waals surface area contributed by atoms with Gasteiger partial charge in [-0.15, -0.1) is 11.3 Å². The van der Waals surface area contributed by atoms with Crippen molar-refractivity contribution in [1.82, 2.24) is 9.78 Å². The van der Waals surface area contributed by atoms with Crippen LogP contribution < -0.4 is 5.73 Å². The van der Waals surface area contributed by atoms with E-state index < -0.39 is 11.7 Å². The Morgan fingerprint density at radius 2 is 2.11 bits per heavy atom. The van der Waals surface area contributed by atoms with Gasteiger partial charge >= 0.3 is 6.18 Å². The summed E-state index contributed by atoms with van der Waals surface area (Å²) < 4.78 is 39.1. The maximum atomic E-state index is 12.6. The highest BCUT2D eigenvalue weighted by Gasteiger charge is 2.33. The van der Waals surface area contributed by atoms with Gasteiger partial charge in [-0.25, -0.2) is 0 Å². The van der Waals surface area contributed by atoms with Gasteiger partial charge in [0.2, 0.25) is 0 Å². The van der Waals surface area contributed by atoms with Crippen LogP contribution in [-0.4, -0.2) is 15.8 Å². The van der Waals surface area contributed by atoms with Crippen molar-refractivity contribution in [2.24, 2.45) is 5.73 Å². The average molecular weight is 289 g/mol. The molecule has 0 amide bonds. The summed E-state index contributed by atoms with van der Waals surface area (Å²) in [6.45, 7) is 3.67. The Kier molecular flexibility index (Phi) is 3.69. The highest BCUT2D eigenvalue weighted by Crippen LogP contribution is 2.32. The maximum absolute atomic E-state index is 12.6. The molecule has 0 aliphatic carbocycles. The molecule has 3 nitrogen and oxygen atoms in total. The summed E-state index contributed by atoms with van der Waals surface area (Å²) in [5, 5.41) is 5.72. The van der Waals surface area contributed by atoms with Crippen LogP contribution in [0.1, 0.15) is 29.0 Å². The molecule has 2 rings (SSSR count). The number of thiophene rings is 1. The summed E-state index contributed by atoms with van der Waals surface area (Å²) in [5.74, 6) is 0. The minimum absolute atomic E-state index is 0.335. The van der Waals surface area contributed by atoms with Gasteiger partial charge in [-0.1, -0.05) is 0 Å². The SMILES string of the molecule is Cc1ccsc1C(C(C)N)n1cc(C(F)(F)F)cn1. The predicted molar refractivity (Wildman–Crippen MR) is 68.1 cm³/mol. The van der Waals surface area contributed by atoms with Crippen LogP contribution >= 0.6 is 11.3 Å². The standard InChI is InChI=1S/C12H14F3N3S/c1-7-3-4-19-11(7)10(8(2)16)18-6-9(5-17-18)12(13,14)15/h3-6,8,10H,16H2,1-2H3. The molecule has 0 saturated carbocycles. The van der Waals surface area contributed by atoms with Crippen LogP contribution in [-0.2, 0) is 6.18 Å². The average Bonchev–Trinajstić information content (AvgIpc) is 2.88. The highest BCUT2D eigenvalue weighted by atomic mass is 32.1. The molecule has 7 heteroatoms. The predicted octanol–water partition coefficient (Wildman–Crippen LogP) is 3.21. The van der Waals surface area contributed by atoms with Crippen molar-refractivity contribution in [2.75, 3.05) is 0 Å². The molecule has 0 aliphatic heterocycles. The third kappa shape index (κ3) is 2.82. The van der Waals surface area contributed by atoms with Crippen molar-refractivity contribution in [2.45, 2.75) is 32.1 Å². The Balaban J connectivity index is 2.41. The Hall–Kier alpha value is -1.34. The first-order valence-electron chi connectivity index (χ1n) is 5.71. The number of nitrogens with zero attached hydrogens (tertiary/aromatic N) is 2. The zero-order valence-corrected chi connectivity index (χ0v) is 11.3. The van der Waals surface area contributed by atoms with E-state index in [0.29, 0.717) is 0 Å². The second-order valence-electron chi connectivity index (χ2n) is 4.48. The van der Waals surface area contributed by atoms with Crippen LogP contribution in [0.5, 0.6) is 0 Å². The molecule has 0 aromatic carbocycles. The molecule has 104 valence electrons. The second-order valence-corrected chi connectivity index (χ2v) is 5.43. The van der Waals surface area contributed by atoms with Gasteiger partial charge in [0, 0.05) is 17.1 Å². The van der Waals surface area contributed by atoms with Crippen LogP contribution in [0.15, 0.2) is 23.8 Å². The molecule has 0 aliphatic rings. The van der Waals surface area contributed by atoms with Crippen molar-refractivity contribution in [3.8, 4) is 0 Å². The molecular formula is C12H14F3N3S. The van der Waals surface area contributed by atoms with Crippen molar-refractivity contribution >= 4 is 11.3 Å². The number of halogens is 3. The van der Waals surface area contributed by atoms with Crippen molar-refractivity contribution < 1.29 is 13.2 Å². The van der Waals surface area contributed by atoms with Crippen LogP contribution in [0.2, 0.25) is 0 Å². The van der Waals surface area contributed by atoms with Gasteiger partial charge in [0.1, 0.15) is 6.04 Å². The molecule has 2 aromatic heterocycles. The highest BCUT2D eigenvalue weighted by molar-refractivity contribution is 7.10. The quantitative estimate of drug-likeness (QED) is 0.943. The molecule has 2 heterocycles. The van der Waals surface area contributed by atoms with Gasteiger partial charge < -0.3 is 5.73 Å². The number of rotatable bonds is 3. The largest absolute Gasteiger partial charge is 0.419 e. The molecule has 0 fully saturated rings.